The molecule has 0 aliphatic carbocycles. The van der Waals surface area contributed by atoms with E-state index < -0.39 is 33.8 Å². The van der Waals surface area contributed by atoms with Crippen LogP contribution in [0, 0.1) is 5.41 Å². The highest BCUT2D eigenvalue weighted by Gasteiger charge is 2.38. The third-order valence-corrected chi connectivity index (χ3v) is 5.00. The van der Waals surface area contributed by atoms with Gasteiger partial charge in [0.1, 0.15) is 11.0 Å². The van der Waals surface area contributed by atoms with E-state index in [1.807, 2.05) is 0 Å². The van der Waals surface area contributed by atoms with Gasteiger partial charge in [0.2, 0.25) is 11.3 Å². The van der Waals surface area contributed by atoms with E-state index in [4.69, 9.17) is 11.6 Å². The van der Waals surface area contributed by atoms with E-state index in [1.165, 1.54) is 19.2 Å². The number of nitrogens with one attached hydrogen (secondary N) is 2. The third kappa shape index (κ3) is 4.25. The number of hydrogen-bond acceptors (Lipinski definition) is 4. The minimum absolute atomic E-state index is 0.148. The number of amides is 1. The van der Waals surface area contributed by atoms with Crippen LogP contribution in [0.25, 0.3) is 22.3 Å². The van der Waals surface area contributed by atoms with Gasteiger partial charge in [-0.15, -0.1) is 0 Å². The van der Waals surface area contributed by atoms with E-state index >= 15 is 0 Å². The molecule has 2 aromatic heterocycles. The van der Waals surface area contributed by atoms with Crippen molar-refractivity contribution in [1.82, 2.24) is 20.1 Å². The molecule has 2 heterocycles. The number of pyridine rings is 1. The number of halogens is 4. The van der Waals surface area contributed by atoms with E-state index in [1.54, 1.807) is 26.8 Å². The van der Waals surface area contributed by atoms with E-state index in [0.717, 1.165) is 4.68 Å². The van der Waals surface area contributed by atoms with Gasteiger partial charge in [-0.3, -0.25) is 14.3 Å². The number of hydrogen-bond donors (Lipinski definition) is 3. The molecule has 0 aliphatic heterocycles. The first-order valence-electron chi connectivity index (χ1n) is 9.18. The van der Waals surface area contributed by atoms with Crippen molar-refractivity contribution >= 4 is 28.5 Å². The van der Waals surface area contributed by atoms with Crippen LogP contribution in [0.15, 0.2) is 23.0 Å². The van der Waals surface area contributed by atoms with Crippen LogP contribution >= 0.6 is 11.6 Å². The van der Waals surface area contributed by atoms with Crippen molar-refractivity contribution in [2.45, 2.75) is 33.5 Å². The Morgan fingerprint density at radius 3 is 2.52 bits per heavy atom. The quantitative estimate of drug-likeness (QED) is 0.555. The maximum atomic E-state index is 13.3. The molecule has 1 aromatic carbocycles. The van der Waals surface area contributed by atoms with Crippen LogP contribution in [0.2, 0.25) is 5.02 Å². The van der Waals surface area contributed by atoms with Crippen LogP contribution in [-0.2, 0) is 24.6 Å². The summed E-state index contributed by atoms with van der Waals surface area (Å²) in [6.07, 6.45) is -4.87. The molecule has 0 atom stereocenters. The molecule has 3 N–H and O–H groups in total. The molecule has 3 rings (SSSR count). The maximum absolute atomic E-state index is 13.3. The second-order valence-electron chi connectivity index (χ2n) is 8.12. The minimum atomic E-state index is -4.87. The molecule has 11 heteroatoms. The Morgan fingerprint density at radius 2 is 1.94 bits per heavy atom. The summed E-state index contributed by atoms with van der Waals surface area (Å²) in [5.74, 6) is -1.10. The van der Waals surface area contributed by atoms with Crippen LogP contribution in [0.1, 0.15) is 32.0 Å². The largest absolute Gasteiger partial charge is 0.503 e. The Morgan fingerprint density at radius 1 is 1.29 bits per heavy atom. The van der Waals surface area contributed by atoms with Crippen molar-refractivity contribution in [2.24, 2.45) is 12.5 Å². The molecule has 0 fully saturated rings. The molecule has 0 radical (unpaired) electrons. The predicted molar refractivity (Wildman–Crippen MR) is 110 cm³/mol. The Bertz CT molecular complexity index is 1240. The lowest BCUT2D eigenvalue weighted by molar-refractivity contribution is -0.140. The standard InChI is InChI=1S/C20H20ClF3N4O3/c1-19(2,3)18(31)25-8-9-5-6-11(21)10(7-9)13-15(30)14(29)12-16(20(22,23)24)27-28(4)17(12)26-13/h5-7,30H,8H2,1-4H3,(H,25,31)(H,26,29). The Labute approximate surface area is 179 Å². The van der Waals surface area contributed by atoms with Crippen molar-refractivity contribution in [3.63, 3.8) is 0 Å². The molecule has 0 saturated carbocycles. The van der Waals surface area contributed by atoms with Crippen LogP contribution in [-0.4, -0.2) is 25.8 Å². The number of aromatic amines is 1. The first-order chi connectivity index (χ1) is 14.2. The highest BCUT2D eigenvalue weighted by molar-refractivity contribution is 6.33. The molecule has 3 aromatic rings. The summed E-state index contributed by atoms with van der Waals surface area (Å²) in [6.45, 7) is 5.43. The fourth-order valence-electron chi connectivity index (χ4n) is 3.01. The van der Waals surface area contributed by atoms with Crippen molar-refractivity contribution in [1.29, 1.82) is 0 Å². The highest BCUT2D eigenvalue weighted by atomic mass is 35.5. The summed E-state index contributed by atoms with van der Waals surface area (Å²) < 4.78 is 40.6. The number of aryl methyl sites for hydroxylation is 1. The van der Waals surface area contributed by atoms with Gasteiger partial charge >= 0.3 is 6.18 Å². The van der Waals surface area contributed by atoms with E-state index in [0.29, 0.717) is 5.56 Å². The lowest BCUT2D eigenvalue weighted by Gasteiger charge is -2.18. The van der Waals surface area contributed by atoms with Gasteiger partial charge in [-0.2, -0.15) is 18.3 Å². The number of H-pyrrole nitrogens is 1. The van der Waals surface area contributed by atoms with Gasteiger partial charge in [-0.05, 0) is 17.7 Å². The first kappa shape index (κ1) is 22.7. The van der Waals surface area contributed by atoms with Gasteiger partial charge < -0.3 is 15.4 Å². The predicted octanol–water partition coefficient (Wildman–Crippen LogP) is 3.97. The molecule has 0 spiro atoms. The van der Waals surface area contributed by atoms with E-state index in [2.05, 4.69) is 15.4 Å². The lowest BCUT2D eigenvalue weighted by atomic mass is 9.95. The van der Waals surface area contributed by atoms with E-state index in [9.17, 15) is 27.9 Å². The number of aromatic nitrogens is 3. The second kappa shape index (κ2) is 7.60. The zero-order chi connectivity index (χ0) is 23.3. The average molecular weight is 457 g/mol. The molecule has 0 saturated heterocycles. The van der Waals surface area contributed by atoms with Gasteiger partial charge in [-0.25, -0.2) is 0 Å². The number of nitrogens with zero attached hydrogens (tertiary/aromatic N) is 2. The van der Waals surface area contributed by atoms with Crippen LogP contribution in [0.5, 0.6) is 5.75 Å². The lowest BCUT2D eigenvalue weighted by Crippen LogP contribution is -2.34. The van der Waals surface area contributed by atoms with Crippen molar-refractivity contribution in [3.8, 4) is 17.0 Å². The smallest absolute Gasteiger partial charge is 0.435 e. The number of carbonyl (C=O) groups is 1. The van der Waals surface area contributed by atoms with Crippen molar-refractivity contribution < 1.29 is 23.1 Å². The topological polar surface area (TPSA) is 100 Å². The van der Waals surface area contributed by atoms with Crippen LogP contribution < -0.4 is 10.7 Å². The number of fused-ring (bicyclic) bond motifs is 1. The summed E-state index contributed by atoms with van der Waals surface area (Å²) in [5.41, 5.74) is -2.77. The SMILES string of the molecule is Cn1nc(C(F)(F)F)c2c(=O)c(O)c(-c3cc(CNC(=O)C(C)(C)C)ccc3Cl)[nH]c21. The summed E-state index contributed by atoms with van der Waals surface area (Å²) in [7, 11) is 1.24. The number of benzene rings is 1. The third-order valence-electron chi connectivity index (χ3n) is 4.67. The van der Waals surface area contributed by atoms with Gasteiger partial charge in [0.25, 0.3) is 0 Å². The molecule has 31 heavy (non-hydrogen) atoms. The molecule has 0 aliphatic rings. The van der Waals surface area contributed by atoms with Gasteiger partial charge in [0.05, 0.1) is 10.7 Å². The summed E-state index contributed by atoms with van der Waals surface area (Å²) >= 11 is 6.24. The Kier molecular flexibility index (Phi) is 5.56. The molecule has 7 nitrogen and oxygen atoms in total. The van der Waals surface area contributed by atoms with Crippen LogP contribution in [0.3, 0.4) is 0 Å². The fraction of sp³-hybridized carbons (Fsp3) is 0.350. The fourth-order valence-corrected chi connectivity index (χ4v) is 3.22. The number of aromatic hydroxyl groups is 1. The van der Waals surface area contributed by atoms with E-state index in [-0.39, 0.29) is 34.4 Å². The molecule has 0 unspecified atom stereocenters. The second-order valence-corrected chi connectivity index (χ2v) is 8.53. The molecule has 0 bridgehead atoms. The molecular formula is C20H20ClF3N4O3. The first-order valence-corrected chi connectivity index (χ1v) is 9.56. The van der Waals surface area contributed by atoms with Crippen molar-refractivity contribution in [3.05, 3.63) is 44.7 Å². The zero-order valence-corrected chi connectivity index (χ0v) is 17.9. The zero-order valence-electron chi connectivity index (χ0n) is 17.1. The Hall–Kier alpha value is -3.01. The summed E-state index contributed by atoms with van der Waals surface area (Å²) in [5, 5.41) is 15.9. The highest BCUT2D eigenvalue weighted by Crippen LogP contribution is 2.36. The maximum Gasteiger partial charge on any atom is 0.435 e. The van der Waals surface area contributed by atoms with Gasteiger partial charge in [0.15, 0.2) is 11.4 Å². The van der Waals surface area contributed by atoms with Gasteiger partial charge in [0, 0.05) is 24.6 Å². The van der Waals surface area contributed by atoms with Crippen molar-refractivity contribution in [2.75, 3.05) is 0 Å². The molecule has 166 valence electrons. The number of carbonyl (C=O) groups excluding carboxylic acids is 1. The Balaban J connectivity index is 2.12. The summed E-state index contributed by atoms with van der Waals surface area (Å²) in [4.78, 5) is 27.3. The normalized spacial score (nSPS) is 12.4. The summed E-state index contributed by atoms with van der Waals surface area (Å²) in [6, 6.07) is 4.68. The monoisotopic (exact) mass is 456 g/mol. The average Bonchev–Trinajstić information content (AvgIpc) is 3.00. The number of rotatable bonds is 3. The van der Waals surface area contributed by atoms with Gasteiger partial charge in [-0.1, -0.05) is 38.4 Å². The van der Waals surface area contributed by atoms with Crippen LogP contribution in [0.4, 0.5) is 13.2 Å². The minimum Gasteiger partial charge on any atom is -0.503 e. The molecular weight excluding hydrogens is 437 g/mol. The number of alkyl halides is 3. The molecule has 1 amide bonds.